The maximum atomic E-state index is 10.3. The first-order valence-electron chi connectivity index (χ1n) is 7.77. The van der Waals surface area contributed by atoms with Crippen LogP contribution in [0, 0.1) is 11.8 Å². The van der Waals surface area contributed by atoms with Crippen LogP contribution in [0.4, 0.5) is 0 Å². The maximum Gasteiger partial charge on any atom is 0.186 e. The highest BCUT2D eigenvalue weighted by molar-refractivity contribution is 4.93. The van der Waals surface area contributed by atoms with Gasteiger partial charge in [-0.2, -0.15) is 0 Å². The third-order valence-corrected chi connectivity index (χ3v) is 4.78. The van der Waals surface area contributed by atoms with Gasteiger partial charge in [-0.3, -0.25) is 4.90 Å². The Morgan fingerprint density at radius 1 is 1.00 bits per heavy atom. The van der Waals surface area contributed by atoms with Gasteiger partial charge in [0.1, 0.15) is 6.10 Å². The fourth-order valence-electron chi connectivity index (χ4n) is 3.40. The lowest BCUT2D eigenvalue weighted by atomic mass is 9.86. The molecular weight excluding hydrogens is 310 g/mol. The zero-order valence-corrected chi connectivity index (χ0v) is 13.1. The van der Waals surface area contributed by atoms with E-state index in [2.05, 4.69) is 0 Å². The second-order valence-electron chi connectivity index (χ2n) is 6.33. The number of nitrogens with zero attached hydrogens (tertiary/aromatic N) is 1. The first-order valence-corrected chi connectivity index (χ1v) is 7.77. The summed E-state index contributed by atoms with van der Waals surface area (Å²) in [5.74, 6) is -1.09. The molecule has 2 aliphatic rings. The molecule has 2 heterocycles. The smallest absolute Gasteiger partial charge is 0.186 e. The van der Waals surface area contributed by atoms with Crippen LogP contribution < -0.4 is 0 Å². The standard InChI is InChI=1S/C14H27NO8/c1-22-14-13(21)12(20)8(10(6-17)23-14)3-15-2-7(5-16)11(19)9(18)4-15/h7-14,16-21H,2-6H2,1H3/t7-,8-,9-,10-,11-,12+,13-,14+/m1/s1. The Kier molecular flexibility index (Phi) is 6.72. The molecule has 0 aromatic rings. The molecule has 0 aliphatic carbocycles. The predicted molar refractivity (Wildman–Crippen MR) is 77.3 cm³/mol. The van der Waals surface area contributed by atoms with E-state index in [9.17, 15) is 30.6 Å². The molecule has 9 nitrogen and oxygen atoms in total. The Morgan fingerprint density at radius 3 is 2.26 bits per heavy atom. The lowest BCUT2D eigenvalue weighted by Crippen LogP contribution is -2.61. The van der Waals surface area contributed by atoms with Crippen LogP contribution >= 0.6 is 0 Å². The summed E-state index contributed by atoms with van der Waals surface area (Å²) in [4.78, 5) is 1.78. The first-order chi connectivity index (χ1) is 10.9. The minimum Gasteiger partial charge on any atom is -0.396 e. The Balaban J connectivity index is 2.05. The lowest BCUT2D eigenvalue weighted by molar-refractivity contribution is -0.285. The molecule has 9 heteroatoms. The number of hydrogen-bond acceptors (Lipinski definition) is 9. The van der Waals surface area contributed by atoms with E-state index in [0.717, 1.165) is 0 Å². The molecular formula is C14H27NO8. The fraction of sp³-hybridized carbons (Fsp3) is 1.00. The Labute approximate surface area is 134 Å². The van der Waals surface area contributed by atoms with Crippen molar-refractivity contribution >= 4 is 0 Å². The van der Waals surface area contributed by atoms with E-state index in [1.165, 1.54) is 7.11 Å². The monoisotopic (exact) mass is 337 g/mol. The molecule has 2 aliphatic heterocycles. The molecule has 2 saturated heterocycles. The highest BCUT2D eigenvalue weighted by Crippen LogP contribution is 2.29. The van der Waals surface area contributed by atoms with Crippen LogP contribution in [0.5, 0.6) is 0 Å². The van der Waals surface area contributed by atoms with Gasteiger partial charge in [0.25, 0.3) is 0 Å². The number of likely N-dealkylation sites (tertiary alicyclic amines) is 1. The van der Waals surface area contributed by atoms with Gasteiger partial charge in [-0.15, -0.1) is 0 Å². The zero-order valence-electron chi connectivity index (χ0n) is 13.1. The van der Waals surface area contributed by atoms with Gasteiger partial charge in [-0.1, -0.05) is 0 Å². The molecule has 8 atom stereocenters. The first kappa shape index (κ1) is 19.0. The van der Waals surface area contributed by atoms with Gasteiger partial charge >= 0.3 is 0 Å². The highest BCUT2D eigenvalue weighted by Gasteiger charge is 2.46. The number of aliphatic hydroxyl groups is 6. The van der Waals surface area contributed by atoms with Crippen molar-refractivity contribution in [3.8, 4) is 0 Å². The number of piperidine rings is 1. The minimum atomic E-state index is -1.25. The summed E-state index contributed by atoms with van der Waals surface area (Å²) in [6.45, 7) is 0.121. The molecule has 0 spiro atoms. The highest BCUT2D eigenvalue weighted by atomic mass is 16.7. The Morgan fingerprint density at radius 2 is 1.70 bits per heavy atom. The molecule has 23 heavy (non-hydrogen) atoms. The topological polar surface area (TPSA) is 143 Å². The summed E-state index contributed by atoms with van der Waals surface area (Å²) in [6, 6.07) is 0. The van der Waals surface area contributed by atoms with Gasteiger partial charge in [0.05, 0.1) is 31.0 Å². The van der Waals surface area contributed by atoms with Crippen molar-refractivity contribution in [1.82, 2.24) is 4.90 Å². The number of ether oxygens (including phenoxy) is 2. The van der Waals surface area contributed by atoms with Crippen molar-refractivity contribution in [2.75, 3.05) is 40.0 Å². The molecule has 0 amide bonds. The van der Waals surface area contributed by atoms with Crippen LogP contribution in [0.25, 0.3) is 0 Å². The normalized spacial score (nSPS) is 46.0. The van der Waals surface area contributed by atoms with Gasteiger partial charge in [-0.05, 0) is 0 Å². The molecule has 2 rings (SSSR count). The van der Waals surface area contributed by atoms with E-state index in [-0.39, 0.29) is 26.3 Å². The number of β-amino-alcohol motifs (C(OH)–C–C–N with tert-alkyl or cyclic N) is 1. The third kappa shape index (κ3) is 4.01. The average Bonchev–Trinajstić information content (AvgIpc) is 2.55. The van der Waals surface area contributed by atoms with Crippen LogP contribution in [-0.2, 0) is 9.47 Å². The fourth-order valence-corrected chi connectivity index (χ4v) is 3.40. The van der Waals surface area contributed by atoms with Gasteiger partial charge in [0.2, 0.25) is 0 Å². The van der Waals surface area contributed by atoms with Gasteiger partial charge in [0.15, 0.2) is 6.29 Å². The molecule has 136 valence electrons. The third-order valence-electron chi connectivity index (χ3n) is 4.78. The Bertz CT molecular complexity index is 371. The summed E-state index contributed by atoms with van der Waals surface area (Å²) in [6.07, 6.45) is -6.16. The summed E-state index contributed by atoms with van der Waals surface area (Å²) >= 11 is 0. The van der Waals surface area contributed by atoms with E-state index < -0.39 is 48.6 Å². The number of hydrogen-bond donors (Lipinski definition) is 6. The van der Waals surface area contributed by atoms with Crippen molar-refractivity contribution in [3.05, 3.63) is 0 Å². The van der Waals surface area contributed by atoms with E-state index in [1.54, 1.807) is 4.90 Å². The van der Waals surface area contributed by atoms with Crippen LogP contribution in [0.2, 0.25) is 0 Å². The van der Waals surface area contributed by atoms with E-state index in [0.29, 0.717) is 6.54 Å². The van der Waals surface area contributed by atoms with Crippen LogP contribution in [0.15, 0.2) is 0 Å². The van der Waals surface area contributed by atoms with Crippen molar-refractivity contribution < 1.29 is 40.1 Å². The van der Waals surface area contributed by atoms with Crippen molar-refractivity contribution in [3.63, 3.8) is 0 Å². The summed E-state index contributed by atoms with van der Waals surface area (Å²) in [5.41, 5.74) is 0. The summed E-state index contributed by atoms with van der Waals surface area (Å²) in [5, 5.41) is 58.8. The lowest BCUT2D eigenvalue weighted by Gasteiger charge is -2.45. The molecule has 0 radical (unpaired) electrons. The minimum absolute atomic E-state index is 0.169. The summed E-state index contributed by atoms with van der Waals surface area (Å²) < 4.78 is 10.4. The SMILES string of the molecule is CO[C@H]1O[C@H](CO)[C@@H](CN2C[C@H](CO)[C@@H](O)[C@H](O)C2)[C@H](O)[C@H]1O. The van der Waals surface area contributed by atoms with E-state index >= 15 is 0 Å². The summed E-state index contributed by atoms with van der Waals surface area (Å²) in [7, 11) is 1.34. The van der Waals surface area contributed by atoms with Crippen LogP contribution in [0.1, 0.15) is 0 Å². The van der Waals surface area contributed by atoms with E-state index in [4.69, 9.17) is 9.47 Å². The van der Waals surface area contributed by atoms with Gasteiger partial charge in [-0.25, -0.2) is 0 Å². The van der Waals surface area contributed by atoms with Crippen molar-refractivity contribution in [2.24, 2.45) is 11.8 Å². The average molecular weight is 337 g/mol. The molecule has 0 unspecified atom stereocenters. The second-order valence-corrected chi connectivity index (χ2v) is 6.33. The molecule has 0 bridgehead atoms. The number of methoxy groups -OCH3 is 1. The largest absolute Gasteiger partial charge is 0.396 e. The molecule has 0 aromatic carbocycles. The number of rotatable bonds is 5. The second kappa shape index (κ2) is 8.15. The zero-order chi connectivity index (χ0) is 17.1. The molecule has 2 fully saturated rings. The van der Waals surface area contributed by atoms with Crippen molar-refractivity contribution in [2.45, 2.75) is 36.8 Å². The molecule has 0 aromatic heterocycles. The van der Waals surface area contributed by atoms with Gasteiger partial charge in [0, 0.05) is 45.2 Å². The van der Waals surface area contributed by atoms with Crippen molar-refractivity contribution in [1.29, 1.82) is 0 Å². The van der Waals surface area contributed by atoms with Crippen LogP contribution in [-0.4, -0.2) is 112 Å². The van der Waals surface area contributed by atoms with E-state index in [1.807, 2.05) is 0 Å². The predicted octanol–water partition coefficient (Wildman–Crippen LogP) is -3.67. The quantitative estimate of drug-likeness (QED) is 0.299. The molecule has 0 saturated carbocycles. The van der Waals surface area contributed by atoms with Crippen LogP contribution in [0.3, 0.4) is 0 Å². The Hall–Kier alpha value is -0.360. The molecule has 6 N–H and O–H groups in total. The van der Waals surface area contributed by atoms with Gasteiger partial charge < -0.3 is 40.1 Å². The maximum absolute atomic E-state index is 10.3. The number of aliphatic hydroxyl groups excluding tert-OH is 6.